The summed E-state index contributed by atoms with van der Waals surface area (Å²) < 4.78 is 0. The number of likely N-dealkylation sites (tertiary alicyclic amines) is 1. The quantitative estimate of drug-likeness (QED) is 0.398. The van der Waals surface area contributed by atoms with E-state index in [1.807, 2.05) is 6.07 Å². The van der Waals surface area contributed by atoms with Gasteiger partial charge in [-0.25, -0.2) is 0 Å². The molecule has 0 aromatic heterocycles. The lowest BCUT2D eigenvalue weighted by Crippen LogP contribution is -2.31. The number of rotatable bonds is 7. The SMILES string of the molecule is N#C/C(=C/Nc1cccc(O)c1)C(=O)NCCCN1CCCC1=O. The van der Waals surface area contributed by atoms with Crippen molar-refractivity contribution in [1.82, 2.24) is 10.2 Å². The second kappa shape index (κ2) is 8.58. The molecule has 1 fully saturated rings. The molecule has 2 amide bonds. The molecule has 0 radical (unpaired) electrons. The van der Waals surface area contributed by atoms with Crippen LogP contribution < -0.4 is 10.6 Å². The van der Waals surface area contributed by atoms with E-state index in [4.69, 9.17) is 5.26 Å². The van der Waals surface area contributed by atoms with Crippen LogP contribution >= 0.6 is 0 Å². The zero-order valence-corrected chi connectivity index (χ0v) is 13.3. The highest BCUT2D eigenvalue weighted by Gasteiger charge is 2.19. The van der Waals surface area contributed by atoms with Gasteiger partial charge in [0.1, 0.15) is 17.4 Å². The Kier molecular flexibility index (Phi) is 6.20. The molecule has 7 nitrogen and oxygen atoms in total. The van der Waals surface area contributed by atoms with Crippen molar-refractivity contribution < 1.29 is 14.7 Å². The molecule has 7 heteroatoms. The molecule has 1 heterocycles. The number of phenolic OH excluding ortho intramolecular Hbond substituents is 1. The van der Waals surface area contributed by atoms with Crippen LogP contribution in [0.25, 0.3) is 0 Å². The molecule has 24 heavy (non-hydrogen) atoms. The van der Waals surface area contributed by atoms with Crippen LogP contribution in [0, 0.1) is 11.3 Å². The maximum Gasteiger partial charge on any atom is 0.263 e. The number of hydrogen-bond donors (Lipinski definition) is 3. The van der Waals surface area contributed by atoms with Crippen LogP contribution in [0.15, 0.2) is 36.0 Å². The van der Waals surface area contributed by atoms with Gasteiger partial charge in [0.05, 0.1) is 0 Å². The van der Waals surface area contributed by atoms with Crippen molar-refractivity contribution in [3.8, 4) is 11.8 Å². The molecule has 1 aliphatic heterocycles. The minimum atomic E-state index is -0.474. The first-order valence-corrected chi connectivity index (χ1v) is 7.82. The number of aromatic hydroxyl groups is 1. The summed E-state index contributed by atoms with van der Waals surface area (Å²) in [6.07, 6.45) is 3.45. The number of nitrogens with zero attached hydrogens (tertiary/aromatic N) is 2. The van der Waals surface area contributed by atoms with Crippen LogP contribution in [0.5, 0.6) is 5.75 Å². The molecule has 126 valence electrons. The van der Waals surface area contributed by atoms with Crippen LogP contribution in [0.4, 0.5) is 5.69 Å². The lowest BCUT2D eigenvalue weighted by atomic mass is 10.2. The maximum atomic E-state index is 12.0. The summed E-state index contributed by atoms with van der Waals surface area (Å²) in [6, 6.07) is 8.20. The molecule has 1 aromatic carbocycles. The van der Waals surface area contributed by atoms with Gasteiger partial charge >= 0.3 is 0 Å². The fraction of sp³-hybridized carbons (Fsp3) is 0.353. The van der Waals surface area contributed by atoms with Crippen LogP contribution in [-0.4, -0.2) is 41.5 Å². The lowest BCUT2D eigenvalue weighted by Gasteiger charge is -2.15. The molecule has 0 saturated carbocycles. The molecular formula is C17H20N4O3. The van der Waals surface area contributed by atoms with E-state index in [0.717, 1.165) is 13.0 Å². The minimum absolute atomic E-state index is 0.0596. The number of nitriles is 1. The van der Waals surface area contributed by atoms with E-state index in [1.54, 1.807) is 17.0 Å². The summed E-state index contributed by atoms with van der Waals surface area (Å²) in [7, 11) is 0. The van der Waals surface area contributed by atoms with Crippen molar-refractivity contribution in [3.05, 3.63) is 36.0 Å². The van der Waals surface area contributed by atoms with Crippen LogP contribution in [0.2, 0.25) is 0 Å². The largest absolute Gasteiger partial charge is 0.508 e. The topological polar surface area (TPSA) is 105 Å². The number of anilines is 1. The minimum Gasteiger partial charge on any atom is -0.508 e. The molecule has 1 aliphatic rings. The number of amides is 2. The van der Waals surface area contributed by atoms with Gasteiger partial charge in [0.2, 0.25) is 5.91 Å². The Morgan fingerprint density at radius 1 is 1.46 bits per heavy atom. The predicted molar refractivity (Wildman–Crippen MR) is 88.9 cm³/mol. The van der Waals surface area contributed by atoms with Gasteiger partial charge < -0.3 is 20.6 Å². The third-order valence-corrected chi connectivity index (χ3v) is 3.66. The monoisotopic (exact) mass is 328 g/mol. The smallest absolute Gasteiger partial charge is 0.263 e. The first-order valence-electron chi connectivity index (χ1n) is 7.82. The highest BCUT2D eigenvalue weighted by atomic mass is 16.3. The summed E-state index contributed by atoms with van der Waals surface area (Å²) in [5.74, 6) is -0.222. The van der Waals surface area contributed by atoms with Crippen molar-refractivity contribution >= 4 is 17.5 Å². The van der Waals surface area contributed by atoms with Gasteiger partial charge in [0.15, 0.2) is 0 Å². The van der Waals surface area contributed by atoms with E-state index >= 15 is 0 Å². The van der Waals surface area contributed by atoms with Gasteiger partial charge in [-0.1, -0.05) is 6.07 Å². The molecular weight excluding hydrogens is 308 g/mol. The summed E-state index contributed by atoms with van der Waals surface area (Å²) in [6.45, 7) is 1.80. The summed E-state index contributed by atoms with van der Waals surface area (Å²) in [5, 5.41) is 23.9. The normalized spacial score (nSPS) is 14.4. The van der Waals surface area contributed by atoms with Crippen LogP contribution in [0.3, 0.4) is 0 Å². The Morgan fingerprint density at radius 3 is 2.96 bits per heavy atom. The zero-order valence-electron chi connectivity index (χ0n) is 13.3. The maximum absolute atomic E-state index is 12.0. The van der Waals surface area contributed by atoms with E-state index in [2.05, 4.69) is 10.6 Å². The van der Waals surface area contributed by atoms with Crippen LogP contribution in [0.1, 0.15) is 19.3 Å². The van der Waals surface area contributed by atoms with Gasteiger partial charge in [-0.2, -0.15) is 5.26 Å². The average Bonchev–Trinajstić information content (AvgIpc) is 2.97. The summed E-state index contributed by atoms with van der Waals surface area (Å²) >= 11 is 0. The second-order valence-corrected chi connectivity index (χ2v) is 5.46. The van der Waals surface area contributed by atoms with E-state index in [-0.39, 0.29) is 17.2 Å². The highest BCUT2D eigenvalue weighted by molar-refractivity contribution is 5.97. The third-order valence-electron chi connectivity index (χ3n) is 3.66. The first kappa shape index (κ1) is 17.3. The van der Waals surface area contributed by atoms with Crippen molar-refractivity contribution in [3.63, 3.8) is 0 Å². The Hall–Kier alpha value is -3.01. The van der Waals surface area contributed by atoms with Crippen molar-refractivity contribution in [2.45, 2.75) is 19.3 Å². The Morgan fingerprint density at radius 2 is 2.29 bits per heavy atom. The van der Waals surface area contributed by atoms with Gasteiger partial charge in [0.25, 0.3) is 5.91 Å². The molecule has 2 rings (SSSR count). The fourth-order valence-electron chi connectivity index (χ4n) is 2.41. The molecule has 0 unspecified atom stereocenters. The fourth-order valence-corrected chi connectivity index (χ4v) is 2.41. The van der Waals surface area contributed by atoms with E-state index in [1.165, 1.54) is 18.3 Å². The number of carbonyl (C=O) groups excluding carboxylic acids is 2. The molecule has 0 atom stereocenters. The van der Waals surface area contributed by atoms with E-state index in [0.29, 0.717) is 31.6 Å². The Bertz CT molecular complexity index is 679. The van der Waals surface area contributed by atoms with E-state index in [9.17, 15) is 14.7 Å². The number of benzene rings is 1. The molecule has 1 saturated heterocycles. The molecule has 0 bridgehead atoms. The Balaban J connectivity index is 1.77. The number of phenols is 1. The molecule has 0 spiro atoms. The van der Waals surface area contributed by atoms with Gasteiger partial charge in [0, 0.05) is 44.0 Å². The summed E-state index contributed by atoms with van der Waals surface area (Å²) in [4.78, 5) is 25.2. The van der Waals surface area contributed by atoms with Gasteiger partial charge in [-0.3, -0.25) is 9.59 Å². The molecule has 1 aromatic rings. The second-order valence-electron chi connectivity index (χ2n) is 5.46. The predicted octanol–water partition coefficient (Wildman–Crippen LogP) is 1.34. The van der Waals surface area contributed by atoms with Crippen molar-refractivity contribution in [2.75, 3.05) is 25.0 Å². The first-order chi connectivity index (χ1) is 11.6. The number of carbonyl (C=O) groups is 2. The number of nitrogens with one attached hydrogen (secondary N) is 2. The zero-order chi connectivity index (χ0) is 17.4. The molecule has 0 aliphatic carbocycles. The third kappa shape index (κ3) is 5.02. The standard InChI is InChI=1S/C17H20N4O3/c18-11-13(12-20-14-4-1-5-15(22)10-14)17(24)19-7-3-9-21-8-2-6-16(21)23/h1,4-5,10,12,20,22H,2-3,6-9H2,(H,19,24)/b13-12-. The highest BCUT2D eigenvalue weighted by Crippen LogP contribution is 2.15. The van der Waals surface area contributed by atoms with E-state index < -0.39 is 5.91 Å². The van der Waals surface area contributed by atoms with Crippen LogP contribution in [-0.2, 0) is 9.59 Å². The Labute approximate surface area is 140 Å². The lowest BCUT2D eigenvalue weighted by molar-refractivity contribution is -0.127. The number of hydrogen-bond acceptors (Lipinski definition) is 5. The van der Waals surface area contributed by atoms with Gasteiger partial charge in [-0.05, 0) is 25.0 Å². The van der Waals surface area contributed by atoms with Gasteiger partial charge in [-0.15, -0.1) is 0 Å². The molecule has 3 N–H and O–H groups in total. The van der Waals surface area contributed by atoms with Crippen molar-refractivity contribution in [1.29, 1.82) is 5.26 Å². The average molecular weight is 328 g/mol. The van der Waals surface area contributed by atoms with Crippen molar-refractivity contribution in [2.24, 2.45) is 0 Å². The summed E-state index contributed by atoms with van der Waals surface area (Å²) in [5.41, 5.74) is 0.513.